The van der Waals surface area contributed by atoms with E-state index in [1.165, 1.54) is 22.3 Å². The van der Waals surface area contributed by atoms with Crippen molar-refractivity contribution in [2.24, 2.45) is 5.92 Å². The third-order valence-electron chi connectivity index (χ3n) is 3.93. The van der Waals surface area contributed by atoms with Gasteiger partial charge in [-0.05, 0) is 46.5 Å². The minimum Gasteiger partial charge on any atom is -0.381 e. The Bertz CT molecular complexity index is 665. The van der Waals surface area contributed by atoms with Crippen molar-refractivity contribution >= 4 is 0 Å². The maximum Gasteiger partial charge on any atom is 0.0698 e. The third-order valence-corrected chi connectivity index (χ3v) is 3.93. The highest BCUT2D eigenvalue weighted by molar-refractivity contribution is 5.64. The summed E-state index contributed by atoms with van der Waals surface area (Å²) in [5.41, 5.74) is 5.23. The summed E-state index contributed by atoms with van der Waals surface area (Å²) in [5, 5.41) is 3.44. The Kier molecular flexibility index (Phi) is 3.92. The van der Waals surface area contributed by atoms with Crippen LogP contribution in [-0.2, 0) is 0 Å². The highest BCUT2D eigenvalue weighted by atomic mass is 14.9. The van der Waals surface area contributed by atoms with Gasteiger partial charge in [0, 0.05) is 0 Å². The molecule has 3 rings (SSSR count). The summed E-state index contributed by atoms with van der Waals surface area (Å²) in [5.74, 6) is 0.558. The first-order chi connectivity index (χ1) is 10.2. The van der Waals surface area contributed by atoms with Gasteiger partial charge in [0.25, 0.3) is 0 Å². The predicted molar refractivity (Wildman–Crippen MR) is 89.8 cm³/mol. The number of benzene rings is 2. The minimum atomic E-state index is 0.260. The van der Waals surface area contributed by atoms with E-state index in [9.17, 15) is 0 Å². The monoisotopic (exact) mass is 275 g/mol. The van der Waals surface area contributed by atoms with Crippen LogP contribution in [0.3, 0.4) is 0 Å². The van der Waals surface area contributed by atoms with Crippen LogP contribution < -0.4 is 5.32 Å². The summed E-state index contributed by atoms with van der Waals surface area (Å²) in [6, 6.07) is 19.6. The van der Waals surface area contributed by atoms with Crippen molar-refractivity contribution in [3.05, 3.63) is 84.1 Å². The molecule has 1 atom stereocenters. The molecule has 1 heteroatoms. The second-order valence-corrected chi connectivity index (χ2v) is 5.79. The average molecular weight is 275 g/mol. The van der Waals surface area contributed by atoms with Crippen LogP contribution in [0.1, 0.15) is 25.5 Å². The van der Waals surface area contributed by atoms with Crippen molar-refractivity contribution < 1.29 is 0 Å². The molecule has 0 aliphatic carbocycles. The fraction of sp³-hybridized carbons (Fsp3) is 0.200. The first-order valence-electron chi connectivity index (χ1n) is 7.54. The van der Waals surface area contributed by atoms with Gasteiger partial charge in [-0.1, -0.05) is 68.5 Å². The molecule has 1 nitrogen and oxygen atoms in total. The third kappa shape index (κ3) is 3.08. The largest absolute Gasteiger partial charge is 0.381 e. The summed E-state index contributed by atoms with van der Waals surface area (Å²) in [6.07, 6.45) is 6.56. The van der Waals surface area contributed by atoms with Gasteiger partial charge in [0.1, 0.15) is 0 Å². The lowest BCUT2D eigenvalue weighted by Gasteiger charge is -2.21. The molecule has 0 spiro atoms. The van der Waals surface area contributed by atoms with E-state index in [-0.39, 0.29) is 6.04 Å². The van der Waals surface area contributed by atoms with E-state index >= 15 is 0 Å². The molecule has 1 heterocycles. The van der Waals surface area contributed by atoms with Gasteiger partial charge >= 0.3 is 0 Å². The van der Waals surface area contributed by atoms with E-state index in [1.807, 2.05) is 0 Å². The molecule has 21 heavy (non-hydrogen) atoms. The van der Waals surface area contributed by atoms with Crippen LogP contribution in [-0.4, -0.2) is 0 Å². The number of hydrogen-bond acceptors (Lipinski definition) is 1. The van der Waals surface area contributed by atoms with E-state index in [4.69, 9.17) is 0 Å². The van der Waals surface area contributed by atoms with E-state index in [2.05, 4.69) is 92.1 Å². The van der Waals surface area contributed by atoms with Crippen molar-refractivity contribution in [3.8, 4) is 11.1 Å². The zero-order valence-corrected chi connectivity index (χ0v) is 12.6. The van der Waals surface area contributed by atoms with Crippen LogP contribution in [0.15, 0.2) is 78.5 Å². The topological polar surface area (TPSA) is 12.0 Å². The summed E-state index contributed by atoms with van der Waals surface area (Å²) < 4.78 is 0. The molecule has 2 aromatic rings. The molecule has 1 unspecified atom stereocenters. The van der Waals surface area contributed by atoms with Crippen molar-refractivity contribution in [2.75, 3.05) is 0 Å². The van der Waals surface area contributed by atoms with E-state index in [1.54, 1.807) is 0 Å². The number of dihydropyridines is 1. The van der Waals surface area contributed by atoms with Crippen molar-refractivity contribution in [3.63, 3.8) is 0 Å². The lowest BCUT2D eigenvalue weighted by Crippen LogP contribution is -2.17. The Morgan fingerprint density at radius 2 is 1.67 bits per heavy atom. The Hall–Kier alpha value is -2.28. The van der Waals surface area contributed by atoms with Gasteiger partial charge < -0.3 is 5.32 Å². The maximum atomic E-state index is 3.44. The van der Waals surface area contributed by atoms with Crippen LogP contribution in [0.4, 0.5) is 0 Å². The van der Waals surface area contributed by atoms with Gasteiger partial charge in [-0.2, -0.15) is 0 Å². The van der Waals surface area contributed by atoms with Crippen LogP contribution >= 0.6 is 0 Å². The normalized spacial score (nSPS) is 17.5. The summed E-state index contributed by atoms with van der Waals surface area (Å²) >= 11 is 0. The van der Waals surface area contributed by atoms with Crippen molar-refractivity contribution in [1.82, 2.24) is 5.32 Å². The average Bonchev–Trinajstić information content (AvgIpc) is 2.56. The van der Waals surface area contributed by atoms with Crippen LogP contribution in [0.2, 0.25) is 0 Å². The van der Waals surface area contributed by atoms with Crippen LogP contribution in [0.25, 0.3) is 11.1 Å². The second-order valence-electron chi connectivity index (χ2n) is 5.79. The maximum absolute atomic E-state index is 3.44. The molecule has 0 aromatic heterocycles. The number of allylic oxidation sites excluding steroid dienone is 2. The molecule has 0 bridgehead atoms. The predicted octanol–water partition coefficient (Wildman–Crippen LogP) is 5.09. The van der Waals surface area contributed by atoms with Gasteiger partial charge in [0.05, 0.1) is 6.04 Å². The lowest BCUT2D eigenvalue weighted by atomic mass is 9.93. The van der Waals surface area contributed by atoms with Crippen molar-refractivity contribution in [1.29, 1.82) is 0 Å². The number of hydrogen-bond donors (Lipinski definition) is 1. The smallest absolute Gasteiger partial charge is 0.0698 e. The molecular formula is C20H21N. The molecular weight excluding hydrogens is 254 g/mol. The van der Waals surface area contributed by atoms with Crippen LogP contribution in [0, 0.1) is 5.92 Å². The van der Waals surface area contributed by atoms with Crippen LogP contribution in [0.5, 0.6) is 0 Å². The molecule has 0 amide bonds. The van der Waals surface area contributed by atoms with Crippen molar-refractivity contribution in [2.45, 2.75) is 19.9 Å². The molecule has 106 valence electrons. The molecule has 1 N–H and O–H groups in total. The molecule has 0 fully saturated rings. The van der Waals surface area contributed by atoms with E-state index in [0.717, 1.165) is 0 Å². The zero-order chi connectivity index (χ0) is 14.7. The Balaban J connectivity index is 1.92. The van der Waals surface area contributed by atoms with Gasteiger partial charge in [-0.25, -0.2) is 0 Å². The molecule has 0 saturated carbocycles. The minimum absolute atomic E-state index is 0.260. The molecule has 0 radical (unpaired) electrons. The first-order valence-corrected chi connectivity index (χ1v) is 7.54. The number of rotatable bonds is 3. The second kappa shape index (κ2) is 6.01. The van der Waals surface area contributed by atoms with Gasteiger partial charge in [-0.15, -0.1) is 0 Å². The van der Waals surface area contributed by atoms with E-state index in [0.29, 0.717) is 5.92 Å². The van der Waals surface area contributed by atoms with Gasteiger partial charge in [-0.3, -0.25) is 0 Å². The molecule has 2 aromatic carbocycles. The van der Waals surface area contributed by atoms with E-state index < -0.39 is 0 Å². The van der Waals surface area contributed by atoms with Gasteiger partial charge in [0.15, 0.2) is 0 Å². The standard InChI is InChI=1S/C20H21N/c1-15(2)17-11-12-21-20(14-17)19-10-6-9-18(13-19)16-7-4-3-5-8-16/h3-15,20-21H,1-2H3. The molecule has 0 saturated heterocycles. The SMILES string of the molecule is CC(C)C1=CC(c2cccc(-c3ccccc3)c2)NC=C1. The zero-order valence-electron chi connectivity index (χ0n) is 12.6. The highest BCUT2D eigenvalue weighted by Crippen LogP contribution is 2.27. The quantitative estimate of drug-likeness (QED) is 0.822. The summed E-state index contributed by atoms with van der Waals surface area (Å²) in [6.45, 7) is 4.47. The Morgan fingerprint density at radius 1 is 0.905 bits per heavy atom. The molecule has 1 aliphatic heterocycles. The number of nitrogens with one attached hydrogen (secondary N) is 1. The highest BCUT2D eigenvalue weighted by Gasteiger charge is 2.13. The Labute approximate surface area is 127 Å². The molecule has 1 aliphatic rings. The Morgan fingerprint density at radius 3 is 2.43 bits per heavy atom. The first kappa shape index (κ1) is 13.7. The van der Waals surface area contributed by atoms with Gasteiger partial charge in [0.2, 0.25) is 0 Å². The fourth-order valence-corrected chi connectivity index (χ4v) is 2.66. The fourth-order valence-electron chi connectivity index (χ4n) is 2.66. The lowest BCUT2D eigenvalue weighted by molar-refractivity contribution is 0.698. The summed E-state index contributed by atoms with van der Waals surface area (Å²) in [7, 11) is 0. The summed E-state index contributed by atoms with van der Waals surface area (Å²) in [4.78, 5) is 0.